The molecule has 3 rings (SSSR count). The summed E-state index contributed by atoms with van der Waals surface area (Å²) >= 11 is 2.21. The number of nitrogens with zero attached hydrogens (tertiary/aromatic N) is 1. The predicted molar refractivity (Wildman–Crippen MR) is 90.2 cm³/mol. The van der Waals surface area contributed by atoms with Crippen LogP contribution < -0.4 is 0 Å². The van der Waals surface area contributed by atoms with Crippen molar-refractivity contribution in [3.63, 3.8) is 0 Å². The Morgan fingerprint density at radius 3 is 2.52 bits per heavy atom. The van der Waals surface area contributed by atoms with Crippen LogP contribution in [0, 0.1) is 3.57 Å². The van der Waals surface area contributed by atoms with Crippen molar-refractivity contribution in [3.05, 3.63) is 68.8 Å². The van der Waals surface area contributed by atoms with E-state index < -0.39 is 5.92 Å². The minimum atomic E-state index is -0.472. The van der Waals surface area contributed by atoms with Crippen LogP contribution in [0.2, 0.25) is 0 Å². The molecule has 106 valence electrons. The first-order chi connectivity index (χ1) is 10.2. The third-order valence-electron chi connectivity index (χ3n) is 3.87. The van der Waals surface area contributed by atoms with Gasteiger partial charge in [0.05, 0.1) is 11.6 Å². The average molecular weight is 391 g/mol. The molecule has 0 radical (unpaired) electrons. The minimum absolute atomic E-state index is 0.00801. The van der Waals surface area contributed by atoms with Gasteiger partial charge in [-0.1, -0.05) is 41.6 Å². The number of halogens is 1. The van der Waals surface area contributed by atoms with E-state index in [2.05, 4.69) is 27.7 Å². The molecular formula is C17H14INO2. The van der Waals surface area contributed by atoms with Gasteiger partial charge in [-0.2, -0.15) is 0 Å². The molecule has 2 aromatic carbocycles. The summed E-state index contributed by atoms with van der Waals surface area (Å²) < 4.78 is 1.09. The lowest BCUT2D eigenvalue weighted by Gasteiger charge is -2.25. The molecule has 1 N–H and O–H groups in total. The summed E-state index contributed by atoms with van der Waals surface area (Å²) in [6, 6.07) is 15.4. The van der Waals surface area contributed by atoms with Gasteiger partial charge in [0.2, 0.25) is 0 Å². The second-order valence-corrected chi connectivity index (χ2v) is 6.34. The van der Waals surface area contributed by atoms with Gasteiger partial charge in [-0.15, -0.1) is 0 Å². The summed E-state index contributed by atoms with van der Waals surface area (Å²) in [5.41, 5.74) is 3.32. The molecule has 0 aromatic heterocycles. The molecule has 3 nitrogen and oxygen atoms in total. The Hall–Kier alpha value is -1.69. The van der Waals surface area contributed by atoms with E-state index >= 15 is 0 Å². The quantitative estimate of drug-likeness (QED) is 0.364. The Kier molecular flexibility index (Phi) is 4.05. The minimum Gasteiger partial charge on any atom is -0.411 e. The lowest BCUT2D eigenvalue weighted by Crippen LogP contribution is -2.27. The molecule has 1 unspecified atom stereocenters. The molecule has 21 heavy (non-hydrogen) atoms. The lowest BCUT2D eigenvalue weighted by molar-refractivity contribution is 0.0979. The van der Waals surface area contributed by atoms with Crippen LogP contribution in [-0.4, -0.2) is 16.7 Å². The number of hydrogen-bond donors (Lipinski definition) is 1. The molecule has 0 saturated heterocycles. The van der Waals surface area contributed by atoms with Gasteiger partial charge < -0.3 is 5.21 Å². The third kappa shape index (κ3) is 2.72. The summed E-state index contributed by atoms with van der Waals surface area (Å²) in [7, 11) is 0. The van der Waals surface area contributed by atoms with Crippen molar-refractivity contribution >= 4 is 34.1 Å². The number of ketones is 1. The molecule has 0 heterocycles. The molecule has 0 saturated carbocycles. The molecule has 0 spiro atoms. The van der Waals surface area contributed by atoms with E-state index in [1.54, 1.807) is 0 Å². The zero-order valence-corrected chi connectivity index (χ0v) is 13.4. The molecule has 2 aromatic rings. The van der Waals surface area contributed by atoms with E-state index in [0.717, 1.165) is 21.1 Å². The summed E-state index contributed by atoms with van der Waals surface area (Å²) in [6.45, 7) is 0. The molecule has 1 aliphatic carbocycles. The smallest absolute Gasteiger partial charge is 0.176 e. The van der Waals surface area contributed by atoms with Gasteiger partial charge in [0, 0.05) is 9.13 Å². The van der Waals surface area contributed by atoms with Crippen molar-refractivity contribution in [2.45, 2.75) is 18.8 Å². The Morgan fingerprint density at radius 2 is 1.81 bits per heavy atom. The molecule has 0 aliphatic heterocycles. The highest BCUT2D eigenvalue weighted by atomic mass is 127. The molecule has 0 amide bonds. The summed E-state index contributed by atoms with van der Waals surface area (Å²) in [5.74, 6) is -0.480. The zero-order chi connectivity index (χ0) is 14.8. The van der Waals surface area contributed by atoms with Crippen LogP contribution in [0.5, 0.6) is 0 Å². The SMILES string of the molecule is O=C(c1ccc(I)cc1)C1/C(=N\O)CCc2ccccc21. The summed E-state index contributed by atoms with van der Waals surface area (Å²) in [4.78, 5) is 12.8. The highest BCUT2D eigenvalue weighted by Gasteiger charge is 2.32. The largest absolute Gasteiger partial charge is 0.411 e. The van der Waals surface area contributed by atoms with Crippen LogP contribution in [0.3, 0.4) is 0 Å². The maximum atomic E-state index is 12.8. The van der Waals surface area contributed by atoms with Crippen LogP contribution in [0.4, 0.5) is 0 Å². The van der Waals surface area contributed by atoms with Crippen molar-refractivity contribution in [2.24, 2.45) is 5.16 Å². The third-order valence-corrected chi connectivity index (χ3v) is 4.59. The standard InChI is InChI=1S/C17H14INO2/c18-13-8-5-12(6-9-13)17(20)16-14-4-2-1-3-11(14)7-10-15(16)19-21/h1-6,8-9,16,21H,7,10H2/b19-15-. The normalized spacial score (nSPS) is 19.3. The Balaban J connectivity index is 2.06. The number of benzene rings is 2. The van der Waals surface area contributed by atoms with Crippen LogP contribution in [-0.2, 0) is 6.42 Å². The van der Waals surface area contributed by atoms with Crippen LogP contribution in [0.15, 0.2) is 53.7 Å². The number of carbonyl (C=O) groups is 1. The highest BCUT2D eigenvalue weighted by Crippen LogP contribution is 2.32. The number of oxime groups is 1. The highest BCUT2D eigenvalue weighted by molar-refractivity contribution is 14.1. The number of hydrogen-bond acceptors (Lipinski definition) is 3. The van der Waals surface area contributed by atoms with Gasteiger partial charge in [-0.3, -0.25) is 4.79 Å². The number of carbonyl (C=O) groups excluding carboxylic acids is 1. The zero-order valence-electron chi connectivity index (χ0n) is 11.3. The molecular weight excluding hydrogens is 377 g/mol. The van der Waals surface area contributed by atoms with Gasteiger partial charge >= 0.3 is 0 Å². The molecule has 4 heteroatoms. The van der Waals surface area contributed by atoms with E-state index in [0.29, 0.717) is 17.7 Å². The second-order valence-electron chi connectivity index (χ2n) is 5.09. The van der Waals surface area contributed by atoms with Gasteiger partial charge in [0.15, 0.2) is 5.78 Å². The molecule has 0 fully saturated rings. The van der Waals surface area contributed by atoms with E-state index in [9.17, 15) is 10.0 Å². The number of aryl methyl sites for hydroxylation is 1. The fourth-order valence-electron chi connectivity index (χ4n) is 2.81. The summed E-state index contributed by atoms with van der Waals surface area (Å²) in [6.07, 6.45) is 1.43. The van der Waals surface area contributed by atoms with E-state index in [1.807, 2.05) is 48.5 Å². The first-order valence-corrected chi connectivity index (χ1v) is 7.87. The Bertz CT molecular complexity index is 707. The monoisotopic (exact) mass is 391 g/mol. The summed E-state index contributed by atoms with van der Waals surface area (Å²) in [5, 5.41) is 12.6. The molecule has 1 aliphatic rings. The fraction of sp³-hybridized carbons (Fsp3) is 0.176. The van der Waals surface area contributed by atoms with E-state index in [1.165, 1.54) is 0 Å². The van der Waals surface area contributed by atoms with Crippen molar-refractivity contribution in [1.29, 1.82) is 0 Å². The van der Waals surface area contributed by atoms with Crippen molar-refractivity contribution in [1.82, 2.24) is 0 Å². The Morgan fingerprint density at radius 1 is 1.10 bits per heavy atom. The van der Waals surface area contributed by atoms with E-state index in [4.69, 9.17) is 0 Å². The van der Waals surface area contributed by atoms with Gasteiger partial charge in [0.25, 0.3) is 0 Å². The van der Waals surface area contributed by atoms with Crippen LogP contribution in [0.25, 0.3) is 0 Å². The number of fused-ring (bicyclic) bond motifs is 1. The second kappa shape index (κ2) is 5.97. The van der Waals surface area contributed by atoms with Gasteiger partial charge in [-0.05, 0) is 58.7 Å². The van der Waals surface area contributed by atoms with Gasteiger partial charge in [-0.25, -0.2) is 0 Å². The maximum Gasteiger partial charge on any atom is 0.176 e. The average Bonchev–Trinajstić information content (AvgIpc) is 2.53. The number of Topliss-reactive ketones (excluding diaryl/α,β-unsaturated/α-hetero) is 1. The Labute approximate surface area is 136 Å². The topological polar surface area (TPSA) is 49.7 Å². The molecule has 0 bridgehead atoms. The van der Waals surface area contributed by atoms with Crippen LogP contribution >= 0.6 is 22.6 Å². The van der Waals surface area contributed by atoms with Gasteiger partial charge in [0.1, 0.15) is 0 Å². The first-order valence-electron chi connectivity index (χ1n) is 6.79. The first kappa shape index (κ1) is 14.3. The van der Waals surface area contributed by atoms with E-state index in [-0.39, 0.29) is 5.78 Å². The van der Waals surface area contributed by atoms with Crippen LogP contribution in [0.1, 0.15) is 33.8 Å². The predicted octanol–water partition coefficient (Wildman–Crippen LogP) is 4.03. The lowest BCUT2D eigenvalue weighted by atomic mass is 9.77. The molecule has 1 atom stereocenters. The van der Waals surface area contributed by atoms with Crippen molar-refractivity contribution in [2.75, 3.05) is 0 Å². The number of rotatable bonds is 2. The fourth-order valence-corrected chi connectivity index (χ4v) is 3.17. The maximum absolute atomic E-state index is 12.8. The van der Waals surface area contributed by atoms with Crippen molar-refractivity contribution < 1.29 is 10.0 Å². The van der Waals surface area contributed by atoms with Crippen molar-refractivity contribution in [3.8, 4) is 0 Å².